The predicted molar refractivity (Wildman–Crippen MR) is 104 cm³/mol. The van der Waals surface area contributed by atoms with Gasteiger partial charge >= 0.3 is 18.3 Å². The molecule has 0 radical (unpaired) electrons. The Balaban J connectivity index is 1.76. The normalized spacial score (nSPS) is 14.7. The van der Waals surface area contributed by atoms with Gasteiger partial charge in [0, 0.05) is 12.2 Å². The molecule has 2 aromatic rings. The Hall–Kier alpha value is -3.28. The molecule has 2 aromatic carbocycles. The molecule has 1 aliphatic heterocycles. The average molecular weight is 476 g/mol. The molecule has 33 heavy (non-hydrogen) atoms. The monoisotopic (exact) mass is 476 g/mol. The second-order valence-corrected chi connectivity index (χ2v) is 7.44. The van der Waals surface area contributed by atoms with Crippen LogP contribution in [0.5, 0.6) is 5.75 Å². The first kappa shape index (κ1) is 24.4. The number of carbonyl (C=O) groups is 2. The minimum absolute atomic E-state index is 0.0412. The molecule has 1 atom stereocenters. The Bertz CT molecular complexity index is 1040. The average Bonchev–Trinajstić information content (AvgIpc) is 3.12. The smallest absolute Gasteiger partial charge is 0.416 e. The molecule has 6 nitrogen and oxygen atoms in total. The molecule has 0 aliphatic carbocycles. The zero-order valence-electron chi connectivity index (χ0n) is 16.8. The fourth-order valence-corrected chi connectivity index (χ4v) is 3.44. The maximum Gasteiger partial charge on any atom is 0.416 e. The number of carboxylic acid groups (broad SMARTS) is 1. The highest BCUT2D eigenvalue weighted by Crippen LogP contribution is 2.37. The lowest BCUT2D eigenvalue weighted by Crippen LogP contribution is -2.44. The van der Waals surface area contributed by atoms with Crippen molar-refractivity contribution < 1.29 is 45.8 Å². The van der Waals surface area contributed by atoms with Gasteiger partial charge in [0.25, 0.3) is 0 Å². The van der Waals surface area contributed by atoms with Crippen LogP contribution in [0.25, 0.3) is 0 Å². The van der Waals surface area contributed by atoms with Crippen molar-refractivity contribution in [1.82, 2.24) is 0 Å². The van der Waals surface area contributed by atoms with Crippen LogP contribution in [0.3, 0.4) is 0 Å². The second-order valence-electron chi connectivity index (χ2n) is 7.44. The van der Waals surface area contributed by atoms with Crippen LogP contribution in [-0.2, 0) is 35.0 Å². The molecule has 0 aromatic heterocycles. The third kappa shape index (κ3) is 5.75. The standard InChI is InChI=1S/C21H18F6N2O4/c22-20(23,24)13-5-11(6-14(8-13)21(25,26)27)10-33-15-1-2-17-12(7-15)3-4-29(17)19(32)16(28)9-18(30)31/h1-2,5-8,16H,3-4,9-10,28H2,(H,30,31). The Morgan fingerprint density at radius 2 is 1.64 bits per heavy atom. The van der Waals surface area contributed by atoms with Crippen molar-refractivity contribution in [1.29, 1.82) is 0 Å². The van der Waals surface area contributed by atoms with Crippen LogP contribution in [0.4, 0.5) is 32.0 Å². The minimum Gasteiger partial charge on any atom is -0.489 e. The summed E-state index contributed by atoms with van der Waals surface area (Å²) in [4.78, 5) is 24.5. The number of anilines is 1. The fourth-order valence-electron chi connectivity index (χ4n) is 3.44. The highest BCUT2D eigenvalue weighted by Gasteiger charge is 2.37. The first-order valence-electron chi connectivity index (χ1n) is 9.58. The van der Waals surface area contributed by atoms with E-state index in [1.807, 2.05) is 0 Å². The van der Waals surface area contributed by atoms with Gasteiger partial charge in [0.05, 0.1) is 23.6 Å². The number of aliphatic carboxylic acids is 1. The highest BCUT2D eigenvalue weighted by molar-refractivity contribution is 6.00. The largest absolute Gasteiger partial charge is 0.489 e. The van der Waals surface area contributed by atoms with E-state index in [9.17, 15) is 35.9 Å². The summed E-state index contributed by atoms with van der Waals surface area (Å²) in [7, 11) is 0. The topological polar surface area (TPSA) is 92.9 Å². The molecule has 1 amide bonds. The van der Waals surface area contributed by atoms with Crippen LogP contribution in [0.1, 0.15) is 28.7 Å². The van der Waals surface area contributed by atoms with E-state index < -0.39 is 54.4 Å². The lowest BCUT2D eigenvalue weighted by molar-refractivity contribution is -0.143. The van der Waals surface area contributed by atoms with Crippen LogP contribution < -0.4 is 15.4 Å². The number of hydrogen-bond acceptors (Lipinski definition) is 4. The molecule has 178 valence electrons. The Kier molecular flexibility index (Phi) is 6.59. The Labute approximate surface area is 183 Å². The van der Waals surface area contributed by atoms with Gasteiger partial charge in [-0.25, -0.2) is 0 Å². The Morgan fingerprint density at radius 1 is 1.03 bits per heavy atom. The number of ether oxygens (including phenoxy) is 1. The van der Waals surface area contributed by atoms with Crippen molar-refractivity contribution in [3.8, 4) is 5.75 Å². The van der Waals surface area contributed by atoms with Gasteiger partial charge in [-0.2, -0.15) is 26.3 Å². The van der Waals surface area contributed by atoms with Gasteiger partial charge in [0.1, 0.15) is 12.4 Å². The van der Waals surface area contributed by atoms with E-state index in [0.717, 1.165) is 0 Å². The summed E-state index contributed by atoms with van der Waals surface area (Å²) in [5, 5.41) is 8.79. The summed E-state index contributed by atoms with van der Waals surface area (Å²) >= 11 is 0. The molecule has 0 bridgehead atoms. The number of hydrogen-bond donors (Lipinski definition) is 2. The summed E-state index contributed by atoms with van der Waals surface area (Å²) in [6, 6.07) is 4.41. The number of amides is 1. The number of fused-ring (bicyclic) bond motifs is 1. The number of benzene rings is 2. The van der Waals surface area contributed by atoms with Crippen molar-refractivity contribution >= 4 is 17.6 Å². The first-order chi connectivity index (χ1) is 15.3. The molecular weight excluding hydrogens is 458 g/mol. The maximum atomic E-state index is 13.0. The number of nitrogens with zero attached hydrogens (tertiary/aromatic N) is 1. The summed E-state index contributed by atoms with van der Waals surface area (Å²) in [5.74, 6) is -1.61. The highest BCUT2D eigenvalue weighted by atomic mass is 19.4. The Morgan fingerprint density at radius 3 is 2.18 bits per heavy atom. The van der Waals surface area contributed by atoms with Crippen LogP contribution in [0, 0.1) is 0 Å². The molecular formula is C21H18F6N2O4. The third-order valence-electron chi connectivity index (χ3n) is 4.98. The number of alkyl halides is 6. The maximum absolute atomic E-state index is 13.0. The fraction of sp³-hybridized carbons (Fsp3) is 0.333. The van der Waals surface area contributed by atoms with Gasteiger partial charge in [0.2, 0.25) is 5.91 Å². The molecule has 1 aliphatic rings. The van der Waals surface area contributed by atoms with Gasteiger partial charge in [-0.3, -0.25) is 9.59 Å². The zero-order chi connectivity index (χ0) is 24.6. The van der Waals surface area contributed by atoms with E-state index in [2.05, 4.69) is 0 Å². The number of halogens is 6. The molecule has 0 fully saturated rings. The van der Waals surface area contributed by atoms with E-state index in [0.29, 0.717) is 29.8 Å². The van der Waals surface area contributed by atoms with Crippen molar-refractivity contribution in [2.75, 3.05) is 11.4 Å². The molecule has 0 saturated carbocycles. The molecule has 0 spiro atoms. The van der Waals surface area contributed by atoms with Crippen LogP contribution in [-0.4, -0.2) is 29.6 Å². The molecule has 1 unspecified atom stereocenters. The minimum atomic E-state index is -4.96. The summed E-state index contributed by atoms with van der Waals surface area (Å²) in [6.45, 7) is -0.300. The number of nitrogens with two attached hydrogens (primary N) is 1. The number of carbonyl (C=O) groups excluding carboxylic acids is 1. The van der Waals surface area contributed by atoms with Crippen LogP contribution in [0.15, 0.2) is 36.4 Å². The van der Waals surface area contributed by atoms with Gasteiger partial charge in [-0.05, 0) is 53.9 Å². The molecule has 3 rings (SSSR count). The van der Waals surface area contributed by atoms with Crippen LogP contribution in [0.2, 0.25) is 0 Å². The van der Waals surface area contributed by atoms with E-state index in [1.54, 1.807) is 0 Å². The van der Waals surface area contributed by atoms with Gasteiger partial charge in [0.15, 0.2) is 0 Å². The van der Waals surface area contributed by atoms with Gasteiger partial charge in [-0.1, -0.05) is 0 Å². The lowest BCUT2D eigenvalue weighted by atomic mass is 10.1. The number of rotatable bonds is 6. The summed E-state index contributed by atoms with van der Waals surface area (Å²) in [5.41, 5.74) is 3.57. The van der Waals surface area contributed by atoms with Crippen LogP contribution >= 0.6 is 0 Å². The molecule has 3 N–H and O–H groups in total. The van der Waals surface area contributed by atoms with E-state index in [1.165, 1.54) is 23.1 Å². The van der Waals surface area contributed by atoms with Gasteiger partial charge in [-0.15, -0.1) is 0 Å². The molecule has 0 saturated heterocycles. The van der Waals surface area contributed by atoms with E-state index in [4.69, 9.17) is 15.6 Å². The second kappa shape index (κ2) is 8.93. The van der Waals surface area contributed by atoms with E-state index in [-0.39, 0.29) is 23.9 Å². The number of carboxylic acids is 1. The predicted octanol–water partition coefficient (Wildman–Crippen LogP) is 3.99. The quantitative estimate of drug-likeness (QED) is 0.615. The summed E-state index contributed by atoms with van der Waals surface area (Å²) in [6.07, 6.45) is -10.1. The van der Waals surface area contributed by atoms with Crippen molar-refractivity contribution in [2.24, 2.45) is 5.73 Å². The zero-order valence-corrected chi connectivity index (χ0v) is 16.8. The van der Waals surface area contributed by atoms with Crippen molar-refractivity contribution in [3.05, 3.63) is 58.7 Å². The van der Waals surface area contributed by atoms with Gasteiger partial charge < -0.3 is 20.5 Å². The summed E-state index contributed by atoms with van der Waals surface area (Å²) < 4.78 is 83.4. The molecule has 1 heterocycles. The molecule has 12 heteroatoms. The first-order valence-corrected chi connectivity index (χ1v) is 9.58. The van der Waals surface area contributed by atoms with Crippen molar-refractivity contribution in [3.63, 3.8) is 0 Å². The third-order valence-corrected chi connectivity index (χ3v) is 4.98. The lowest BCUT2D eigenvalue weighted by Gasteiger charge is -2.21. The SMILES string of the molecule is NC(CC(=O)O)C(=O)N1CCc2cc(OCc3cc(C(F)(F)F)cc(C(F)(F)F)c3)ccc21. The van der Waals surface area contributed by atoms with E-state index >= 15 is 0 Å². The van der Waals surface area contributed by atoms with Crippen molar-refractivity contribution in [2.45, 2.75) is 37.8 Å².